The van der Waals surface area contributed by atoms with Crippen molar-refractivity contribution in [1.29, 1.82) is 0 Å². The number of hydrogen-bond donors (Lipinski definition) is 2. The molecule has 2 N–H and O–H groups in total. The number of hydrogen-bond acceptors (Lipinski definition) is 4. The van der Waals surface area contributed by atoms with Gasteiger partial charge in [0.2, 0.25) is 0 Å². The second-order valence-corrected chi connectivity index (χ2v) is 6.55. The van der Waals surface area contributed by atoms with E-state index < -0.39 is 0 Å². The molecule has 0 radical (unpaired) electrons. The van der Waals surface area contributed by atoms with Crippen LogP contribution in [0.2, 0.25) is 0 Å². The lowest BCUT2D eigenvalue weighted by Crippen LogP contribution is -2.39. The van der Waals surface area contributed by atoms with E-state index in [1.807, 2.05) is 18.2 Å². The van der Waals surface area contributed by atoms with E-state index in [4.69, 9.17) is 9.47 Å². The third kappa shape index (κ3) is 6.68. The van der Waals surface area contributed by atoms with Crippen molar-refractivity contribution in [2.24, 2.45) is 4.99 Å². The van der Waals surface area contributed by atoms with Crippen molar-refractivity contribution in [2.45, 2.75) is 19.3 Å². The number of methoxy groups -OCH3 is 2. The van der Waals surface area contributed by atoms with E-state index in [2.05, 4.69) is 39.4 Å². The highest BCUT2D eigenvalue weighted by Gasteiger charge is 2.08. The van der Waals surface area contributed by atoms with Crippen LogP contribution in [0.5, 0.6) is 11.5 Å². The number of aliphatic imine (C=N–C) groups is 1. The summed E-state index contributed by atoms with van der Waals surface area (Å²) in [4.78, 5) is 4.29. The molecule has 0 aliphatic rings. The Labute approximate surface area is 177 Å². The van der Waals surface area contributed by atoms with Crippen LogP contribution >= 0.6 is 35.3 Å². The molecule has 0 aliphatic heterocycles. The molecule has 5 nitrogen and oxygen atoms in total. The number of thiophene rings is 1. The highest BCUT2D eigenvalue weighted by atomic mass is 127. The summed E-state index contributed by atoms with van der Waals surface area (Å²) in [6, 6.07) is 8.02. The molecule has 0 saturated heterocycles. The van der Waals surface area contributed by atoms with Gasteiger partial charge in [0.25, 0.3) is 0 Å². The molecule has 1 unspecified atom stereocenters. The van der Waals surface area contributed by atoms with Gasteiger partial charge in [-0.15, -0.1) is 24.0 Å². The summed E-state index contributed by atoms with van der Waals surface area (Å²) >= 11 is 1.73. The van der Waals surface area contributed by atoms with Crippen LogP contribution in [0.15, 0.2) is 40.0 Å². The van der Waals surface area contributed by atoms with Gasteiger partial charge >= 0.3 is 0 Å². The van der Waals surface area contributed by atoms with Crippen molar-refractivity contribution in [2.75, 3.05) is 34.4 Å². The van der Waals surface area contributed by atoms with Crippen LogP contribution in [-0.2, 0) is 6.42 Å². The van der Waals surface area contributed by atoms with Crippen LogP contribution in [0, 0.1) is 0 Å². The molecule has 1 aromatic heterocycles. The molecule has 0 amide bonds. The Balaban J connectivity index is 0.00000338. The van der Waals surface area contributed by atoms with Gasteiger partial charge < -0.3 is 20.1 Å². The normalized spacial score (nSPS) is 12.1. The first kappa shape index (κ1) is 22.6. The van der Waals surface area contributed by atoms with Crippen LogP contribution in [-0.4, -0.2) is 40.3 Å². The number of benzene rings is 1. The topological polar surface area (TPSA) is 54.9 Å². The van der Waals surface area contributed by atoms with Crippen LogP contribution in [0.1, 0.15) is 24.0 Å². The molecule has 2 rings (SSSR count). The largest absolute Gasteiger partial charge is 0.497 e. The van der Waals surface area contributed by atoms with Gasteiger partial charge in [0.1, 0.15) is 11.5 Å². The minimum atomic E-state index is 0. The summed E-state index contributed by atoms with van der Waals surface area (Å²) in [5, 5.41) is 11.0. The van der Waals surface area contributed by atoms with E-state index in [1.165, 1.54) is 5.56 Å². The van der Waals surface area contributed by atoms with Crippen molar-refractivity contribution < 1.29 is 9.47 Å². The summed E-state index contributed by atoms with van der Waals surface area (Å²) < 4.78 is 10.7. The van der Waals surface area contributed by atoms with Gasteiger partial charge in [0.05, 0.1) is 14.2 Å². The van der Waals surface area contributed by atoms with Gasteiger partial charge in [-0.2, -0.15) is 11.3 Å². The van der Waals surface area contributed by atoms with E-state index in [0.717, 1.165) is 42.5 Å². The molecule has 2 aromatic rings. The van der Waals surface area contributed by atoms with Crippen molar-refractivity contribution >= 4 is 41.3 Å². The molecule has 0 fully saturated rings. The zero-order valence-electron chi connectivity index (χ0n) is 15.7. The molecule has 0 bridgehead atoms. The van der Waals surface area contributed by atoms with Gasteiger partial charge in [0.15, 0.2) is 5.96 Å². The Bertz CT molecular complexity index is 677. The number of guanidine groups is 1. The zero-order valence-corrected chi connectivity index (χ0v) is 18.9. The third-order valence-electron chi connectivity index (χ3n) is 4.09. The smallest absolute Gasteiger partial charge is 0.191 e. The molecular formula is C19H28IN3O2S. The van der Waals surface area contributed by atoms with Crippen LogP contribution in [0.25, 0.3) is 0 Å². The quantitative estimate of drug-likeness (QED) is 0.336. The fourth-order valence-electron chi connectivity index (χ4n) is 2.54. The predicted octanol–water partition coefficient (Wildman–Crippen LogP) is 3.89. The van der Waals surface area contributed by atoms with E-state index in [-0.39, 0.29) is 24.0 Å². The summed E-state index contributed by atoms with van der Waals surface area (Å²) in [7, 11) is 5.14. The van der Waals surface area contributed by atoms with Crippen molar-refractivity contribution in [1.82, 2.24) is 10.6 Å². The molecule has 7 heteroatoms. The molecule has 144 valence electrons. The maximum absolute atomic E-state index is 5.42. The molecule has 1 atom stereocenters. The minimum Gasteiger partial charge on any atom is -0.497 e. The van der Waals surface area contributed by atoms with E-state index in [9.17, 15) is 0 Å². The number of halogens is 1. The number of ether oxygens (including phenoxy) is 2. The molecule has 0 spiro atoms. The average molecular weight is 489 g/mol. The Kier molecular flexibility index (Phi) is 10.4. The number of nitrogens with zero attached hydrogens (tertiary/aromatic N) is 1. The van der Waals surface area contributed by atoms with Gasteiger partial charge in [0, 0.05) is 20.1 Å². The summed E-state index contributed by atoms with van der Waals surface area (Å²) in [5.74, 6) is 2.96. The van der Waals surface area contributed by atoms with E-state index in [1.54, 1.807) is 32.6 Å². The van der Waals surface area contributed by atoms with Gasteiger partial charge in [-0.25, -0.2) is 0 Å². The first-order valence-corrected chi connectivity index (χ1v) is 9.29. The summed E-state index contributed by atoms with van der Waals surface area (Å²) in [6.45, 7) is 3.82. The maximum Gasteiger partial charge on any atom is 0.191 e. The van der Waals surface area contributed by atoms with Crippen molar-refractivity contribution in [3.63, 3.8) is 0 Å². The van der Waals surface area contributed by atoms with Crippen LogP contribution < -0.4 is 20.1 Å². The van der Waals surface area contributed by atoms with Crippen LogP contribution in [0.3, 0.4) is 0 Å². The Morgan fingerprint density at radius 1 is 1.19 bits per heavy atom. The fraction of sp³-hybridized carbons (Fsp3) is 0.421. The van der Waals surface area contributed by atoms with Crippen LogP contribution in [0.4, 0.5) is 0 Å². The van der Waals surface area contributed by atoms with Gasteiger partial charge in [-0.1, -0.05) is 6.92 Å². The fourth-order valence-corrected chi connectivity index (χ4v) is 3.32. The molecule has 0 saturated carbocycles. The molecule has 1 aromatic carbocycles. The lowest BCUT2D eigenvalue weighted by molar-refractivity contribution is 0.398. The number of nitrogens with one attached hydrogen (secondary N) is 2. The van der Waals surface area contributed by atoms with Crippen molar-refractivity contribution in [3.8, 4) is 11.5 Å². The molecule has 26 heavy (non-hydrogen) atoms. The monoisotopic (exact) mass is 489 g/mol. The molecule has 1 heterocycles. The standard InChI is InChI=1S/C19H27N3O2S.HI/c1-14(16-8-10-25-13-16)12-22-19(20-2)21-9-7-15-11-17(23-3)5-6-18(15)24-4;/h5-6,8,10-11,13-14H,7,9,12H2,1-4H3,(H2,20,21,22);1H. The summed E-state index contributed by atoms with van der Waals surface area (Å²) in [6.07, 6.45) is 0.821. The van der Waals surface area contributed by atoms with E-state index >= 15 is 0 Å². The zero-order chi connectivity index (χ0) is 18.1. The average Bonchev–Trinajstić information content (AvgIpc) is 3.18. The second-order valence-electron chi connectivity index (χ2n) is 5.77. The lowest BCUT2D eigenvalue weighted by Gasteiger charge is -2.16. The number of rotatable bonds is 8. The van der Waals surface area contributed by atoms with Crippen molar-refractivity contribution in [3.05, 3.63) is 46.2 Å². The van der Waals surface area contributed by atoms with E-state index in [0.29, 0.717) is 5.92 Å². The van der Waals surface area contributed by atoms with Gasteiger partial charge in [-0.3, -0.25) is 4.99 Å². The lowest BCUT2D eigenvalue weighted by atomic mass is 10.1. The second kappa shape index (κ2) is 12.0. The predicted molar refractivity (Wildman–Crippen MR) is 121 cm³/mol. The minimum absolute atomic E-state index is 0. The highest BCUT2D eigenvalue weighted by molar-refractivity contribution is 14.0. The first-order chi connectivity index (χ1) is 12.2. The molecule has 0 aliphatic carbocycles. The Hall–Kier alpha value is -1.48. The molecular weight excluding hydrogens is 461 g/mol. The SMILES string of the molecule is CN=C(NCCc1cc(OC)ccc1OC)NCC(C)c1ccsc1.I. The first-order valence-electron chi connectivity index (χ1n) is 8.35. The van der Waals surface area contributed by atoms with Gasteiger partial charge in [-0.05, 0) is 58.5 Å². The Morgan fingerprint density at radius 2 is 2.00 bits per heavy atom. The third-order valence-corrected chi connectivity index (χ3v) is 4.79. The maximum atomic E-state index is 5.42. The Morgan fingerprint density at radius 3 is 2.62 bits per heavy atom. The highest BCUT2D eigenvalue weighted by Crippen LogP contribution is 2.24. The summed E-state index contributed by atoms with van der Waals surface area (Å²) in [5.41, 5.74) is 2.46.